The number of hydrogen-bond donors (Lipinski definition) is 3. The van der Waals surface area contributed by atoms with Crippen molar-refractivity contribution in [2.45, 2.75) is 69.9 Å². The van der Waals surface area contributed by atoms with Crippen molar-refractivity contribution < 1.29 is 14.7 Å². The number of nitrogens with one attached hydrogen (secondary N) is 1. The van der Waals surface area contributed by atoms with Crippen LogP contribution in [0.2, 0.25) is 0 Å². The molecule has 1 aliphatic carbocycles. The van der Waals surface area contributed by atoms with Gasteiger partial charge in [0.15, 0.2) is 0 Å². The minimum Gasteiger partial charge on any atom is -0.480 e. The number of rotatable bonds is 4. The van der Waals surface area contributed by atoms with E-state index >= 15 is 0 Å². The lowest BCUT2D eigenvalue weighted by atomic mass is 9.88. The summed E-state index contributed by atoms with van der Waals surface area (Å²) in [6.07, 6.45) is 5.19. The van der Waals surface area contributed by atoms with Gasteiger partial charge < -0.3 is 16.2 Å². The minimum atomic E-state index is -1.12. The first-order valence-electron chi connectivity index (χ1n) is 6.69. The summed E-state index contributed by atoms with van der Waals surface area (Å²) < 4.78 is 0. The van der Waals surface area contributed by atoms with Gasteiger partial charge in [-0.3, -0.25) is 4.79 Å². The Hall–Kier alpha value is -1.10. The molecule has 18 heavy (non-hydrogen) atoms. The molecule has 104 valence electrons. The fraction of sp³-hybridized carbons (Fsp3) is 0.846. The number of nitrogens with two attached hydrogens (primary N) is 1. The lowest BCUT2D eigenvalue weighted by Crippen LogP contribution is -2.61. The molecular formula is C13H24N2O3. The maximum Gasteiger partial charge on any atom is 0.329 e. The van der Waals surface area contributed by atoms with Crippen molar-refractivity contribution in [3.05, 3.63) is 0 Å². The van der Waals surface area contributed by atoms with Crippen molar-refractivity contribution in [1.82, 2.24) is 5.32 Å². The molecule has 1 rings (SSSR count). The Kier molecular flexibility index (Phi) is 4.73. The Balaban J connectivity index is 2.86. The first-order chi connectivity index (χ1) is 8.34. The number of carboxylic acids is 1. The predicted molar refractivity (Wildman–Crippen MR) is 69.1 cm³/mol. The third kappa shape index (κ3) is 3.22. The Morgan fingerprint density at radius 1 is 1.28 bits per heavy atom. The van der Waals surface area contributed by atoms with Gasteiger partial charge in [0, 0.05) is 0 Å². The third-order valence-corrected chi connectivity index (χ3v) is 3.97. The molecule has 0 saturated heterocycles. The van der Waals surface area contributed by atoms with Crippen molar-refractivity contribution in [3.63, 3.8) is 0 Å². The Bertz CT molecular complexity index is 318. The highest BCUT2D eigenvalue weighted by atomic mass is 16.4. The van der Waals surface area contributed by atoms with Crippen molar-refractivity contribution in [2.75, 3.05) is 0 Å². The summed E-state index contributed by atoms with van der Waals surface area (Å²) in [7, 11) is 0. The van der Waals surface area contributed by atoms with E-state index in [0.717, 1.165) is 25.7 Å². The van der Waals surface area contributed by atoms with Gasteiger partial charge in [0.1, 0.15) is 5.54 Å². The smallest absolute Gasteiger partial charge is 0.329 e. The predicted octanol–water partition coefficient (Wildman–Crippen LogP) is 1.41. The highest BCUT2D eigenvalue weighted by Crippen LogP contribution is 2.28. The molecule has 0 aromatic heterocycles. The van der Waals surface area contributed by atoms with Gasteiger partial charge in [-0.15, -0.1) is 0 Å². The molecule has 0 radical (unpaired) electrons. The molecule has 1 unspecified atom stereocenters. The number of hydrogen-bond acceptors (Lipinski definition) is 3. The molecule has 1 aliphatic rings. The third-order valence-electron chi connectivity index (χ3n) is 3.97. The van der Waals surface area contributed by atoms with Gasteiger partial charge in [-0.25, -0.2) is 4.79 Å². The van der Waals surface area contributed by atoms with Gasteiger partial charge in [0.05, 0.1) is 5.54 Å². The highest BCUT2D eigenvalue weighted by molar-refractivity contribution is 5.91. The van der Waals surface area contributed by atoms with Crippen molar-refractivity contribution >= 4 is 11.9 Å². The number of amides is 1. The van der Waals surface area contributed by atoms with E-state index < -0.39 is 17.0 Å². The molecule has 5 nitrogen and oxygen atoms in total. The second-order valence-corrected chi connectivity index (χ2v) is 5.53. The number of carboxylic acid groups (broad SMARTS) is 1. The van der Waals surface area contributed by atoms with E-state index in [2.05, 4.69) is 5.32 Å². The Morgan fingerprint density at radius 2 is 1.78 bits per heavy atom. The van der Waals surface area contributed by atoms with Crippen LogP contribution in [0.5, 0.6) is 0 Å². The second-order valence-electron chi connectivity index (χ2n) is 5.53. The number of carbonyl (C=O) groups is 2. The van der Waals surface area contributed by atoms with Gasteiger partial charge in [-0.05, 0) is 26.2 Å². The molecule has 1 fully saturated rings. The lowest BCUT2D eigenvalue weighted by molar-refractivity contribution is -0.149. The fourth-order valence-electron chi connectivity index (χ4n) is 2.25. The van der Waals surface area contributed by atoms with Crippen LogP contribution in [0.3, 0.4) is 0 Å². The van der Waals surface area contributed by atoms with Crippen LogP contribution in [-0.4, -0.2) is 28.1 Å². The second kappa shape index (κ2) is 5.69. The normalized spacial score (nSPS) is 22.6. The van der Waals surface area contributed by atoms with E-state index in [1.54, 1.807) is 6.92 Å². The zero-order valence-electron chi connectivity index (χ0n) is 11.3. The van der Waals surface area contributed by atoms with E-state index in [1.165, 1.54) is 0 Å². The Morgan fingerprint density at radius 3 is 2.17 bits per heavy atom. The molecule has 0 aromatic carbocycles. The monoisotopic (exact) mass is 256 g/mol. The largest absolute Gasteiger partial charge is 0.480 e. The topological polar surface area (TPSA) is 92.4 Å². The minimum absolute atomic E-state index is 0.366. The molecule has 1 amide bonds. The van der Waals surface area contributed by atoms with E-state index in [4.69, 9.17) is 5.73 Å². The molecule has 4 N–H and O–H groups in total. The summed E-state index contributed by atoms with van der Waals surface area (Å²) in [6.45, 7) is 3.45. The number of carbonyl (C=O) groups excluding carboxylic acids is 1. The maximum atomic E-state index is 12.1. The van der Waals surface area contributed by atoms with Crippen molar-refractivity contribution in [3.8, 4) is 0 Å². The molecule has 0 bridgehead atoms. The van der Waals surface area contributed by atoms with Crippen LogP contribution in [-0.2, 0) is 9.59 Å². The first kappa shape index (κ1) is 15.0. The van der Waals surface area contributed by atoms with Crippen LogP contribution in [0.4, 0.5) is 0 Å². The quantitative estimate of drug-likeness (QED) is 0.663. The fourth-order valence-corrected chi connectivity index (χ4v) is 2.25. The highest BCUT2D eigenvalue weighted by Gasteiger charge is 2.42. The van der Waals surface area contributed by atoms with Gasteiger partial charge in [0.2, 0.25) is 5.91 Å². The summed E-state index contributed by atoms with van der Waals surface area (Å²) in [4.78, 5) is 23.6. The zero-order valence-corrected chi connectivity index (χ0v) is 11.3. The summed E-state index contributed by atoms with van der Waals surface area (Å²) in [6, 6.07) is 0. The van der Waals surface area contributed by atoms with Crippen molar-refractivity contribution in [2.24, 2.45) is 5.73 Å². The molecule has 0 aromatic rings. The van der Waals surface area contributed by atoms with E-state index in [0.29, 0.717) is 19.3 Å². The molecule has 0 aliphatic heterocycles. The summed E-state index contributed by atoms with van der Waals surface area (Å²) in [5.41, 5.74) is 3.74. The van der Waals surface area contributed by atoms with E-state index in [9.17, 15) is 14.7 Å². The van der Waals surface area contributed by atoms with E-state index in [1.807, 2.05) is 6.92 Å². The number of aliphatic carboxylic acids is 1. The van der Waals surface area contributed by atoms with Crippen molar-refractivity contribution in [1.29, 1.82) is 0 Å². The molecular weight excluding hydrogens is 232 g/mol. The van der Waals surface area contributed by atoms with Crippen LogP contribution in [0, 0.1) is 0 Å². The molecule has 1 atom stereocenters. The lowest BCUT2D eigenvalue weighted by Gasteiger charge is -2.33. The molecule has 0 spiro atoms. The van der Waals surface area contributed by atoms with Crippen LogP contribution in [0.25, 0.3) is 0 Å². The van der Waals surface area contributed by atoms with E-state index in [-0.39, 0.29) is 5.91 Å². The summed E-state index contributed by atoms with van der Waals surface area (Å²) in [5.74, 6) is -1.31. The standard InChI is InChI=1S/C13H24N2O3/c1-3-12(2,14)10(16)15-13(11(17)18)8-6-4-5-7-9-13/h3-9,14H2,1-2H3,(H,15,16)(H,17,18). The average Bonchev–Trinajstić information content (AvgIpc) is 2.55. The van der Waals surface area contributed by atoms with Gasteiger partial charge >= 0.3 is 5.97 Å². The summed E-state index contributed by atoms with van der Waals surface area (Å²) in [5, 5.41) is 12.1. The Labute approximate surface area is 108 Å². The summed E-state index contributed by atoms with van der Waals surface area (Å²) >= 11 is 0. The zero-order chi connectivity index (χ0) is 13.8. The average molecular weight is 256 g/mol. The first-order valence-corrected chi connectivity index (χ1v) is 6.69. The van der Waals surface area contributed by atoms with Gasteiger partial charge in [0.25, 0.3) is 0 Å². The molecule has 5 heteroatoms. The van der Waals surface area contributed by atoms with Gasteiger partial charge in [-0.1, -0.05) is 32.6 Å². The molecule has 0 heterocycles. The maximum absolute atomic E-state index is 12.1. The van der Waals surface area contributed by atoms with Crippen LogP contribution >= 0.6 is 0 Å². The molecule has 1 saturated carbocycles. The van der Waals surface area contributed by atoms with Crippen LogP contribution in [0.1, 0.15) is 58.8 Å². The van der Waals surface area contributed by atoms with Crippen LogP contribution < -0.4 is 11.1 Å². The van der Waals surface area contributed by atoms with Gasteiger partial charge in [-0.2, -0.15) is 0 Å². The SMILES string of the molecule is CCC(C)(N)C(=O)NC1(C(=O)O)CCCCCC1. The van der Waals surface area contributed by atoms with Crippen LogP contribution in [0.15, 0.2) is 0 Å².